The number of carbonyl (C=O) groups is 6. The van der Waals surface area contributed by atoms with Gasteiger partial charge in [-0.2, -0.15) is 0 Å². The summed E-state index contributed by atoms with van der Waals surface area (Å²) in [6.45, 7) is 15.3. The average molecular weight is 1010 g/mol. The maximum absolute atomic E-state index is 14.6. The third-order valence-corrected chi connectivity index (χ3v) is 12.8. The first-order valence-electron chi connectivity index (χ1n) is 25.4. The van der Waals surface area contributed by atoms with Crippen LogP contribution in [0, 0.1) is 17.8 Å². The van der Waals surface area contributed by atoms with E-state index in [0.29, 0.717) is 51.4 Å². The Labute approximate surface area is 430 Å². The summed E-state index contributed by atoms with van der Waals surface area (Å²) in [4.78, 5) is 84.0. The number of hydrogen-bond donors (Lipinski definition) is 6. The van der Waals surface area contributed by atoms with E-state index in [1.807, 2.05) is 94.4 Å². The van der Waals surface area contributed by atoms with E-state index in [0.717, 1.165) is 16.7 Å². The van der Waals surface area contributed by atoms with E-state index in [4.69, 9.17) is 30.5 Å². The molecule has 0 aromatic heterocycles. The maximum Gasteiger partial charge on any atom is 0.313 e. The van der Waals surface area contributed by atoms with Crippen LogP contribution in [0.25, 0.3) is 0 Å². The molecule has 73 heavy (non-hydrogen) atoms. The molecule has 2 saturated heterocycles. The van der Waals surface area contributed by atoms with Gasteiger partial charge < -0.3 is 55.4 Å². The fourth-order valence-electron chi connectivity index (χ4n) is 8.69. The lowest BCUT2D eigenvalue weighted by Crippen LogP contribution is -2.61. The number of quaternary nitrogens is 1. The van der Waals surface area contributed by atoms with Crippen LogP contribution in [-0.2, 0) is 57.6 Å². The summed E-state index contributed by atoms with van der Waals surface area (Å²) in [5.74, 6) is 3.18. The average Bonchev–Trinajstić information content (AvgIpc) is 4.09. The Hall–Kier alpha value is -6.34. The number of ether oxygens (including phenoxy) is 4. The van der Waals surface area contributed by atoms with Gasteiger partial charge in [-0.25, -0.2) is 5.84 Å². The minimum Gasteiger partial charge on any atom is -0.483 e. The van der Waals surface area contributed by atoms with E-state index >= 15 is 0 Å². The number of hydrogen-bond acceptors (Lipinski definition) is 13. The highest BCUT2D eigenvalue weighted by molar-refractivity contribution is 5.99. The Bertz CT molecular complexity index is 2350. The molecule has 18 nitrogen and oxygen atoms in total. The molecule has 2 aliphatic rings. The fourth-order valence-corrected chi connectivity index (χ4v) is 8.69. The largest absolute Gasteiger partial charge is 0.483 e. The van der Waals surface area contributed by atoms with Crippen molar-refractivity contribution in [2.75, 3.05) is 53.1 Å². The monoisotopic (exact) mass is 1010 g/mol. The summed E-state index contributed by atoms with van der Waals surface area (Å²) in [5, 5.41) is 13.2. The van der Waals surface area contributed by atoms with Crippen LogP contribution in [-0.4, -0.2) is 128 Å². The molecule has 3 aromatic rings. The van der Waals surface area contributed by atoms with Crippen LogP contribution < -0.4 is 42.3 Å². The standard InChI is InChI=1S/C55H78N8O10/c1-36(2)27-44(50(65)55(7)35-72-55)59-53(68)46(29-40-17-13-10-14-18-40)61-52(67)45(28-37(3)4)60-51(66)43(21-19-39-15-11-9-12-16-39)58-49(64)33-63(23-25-70-26-24-63)32-41-20-22-47(73-54(69)38(5)6)48(30-41)71-34-42(56)31-62(8)57/h9-18,20,22,30-31,36-38,43-46H,19,21,23-29,32-35,56-57H2,1-8H3,(H3-,58,59,60,61,64,66,67,68)/p+1/b42-31-/t43-,44-,45-,46-,55+/m0/s1. The zero-order chi connectivity index (χ0) is 53.3. The van der Waals surface area contributed by atoms with Crippen molar-refractivity contribution in [1.29, 1.82) is 0 Å². The zero-order valence-electron chi connectivity index (χ0n) is 43.9. The van der Waals surface area contributed by atoms with Crippen LogP contribution in [0.3, 0.4) is 0 Å². The molecule has 5 rings (SSSR count). The molecule has 8 N–H and O–H groups in total. The smallest absolute Gasteiger partial charge is 0.313 e. The number of nitrogens with one attached hydrogen (secondary N) is 4. The summed E-state index contributed by atoms with van der Waals surface area (Å²) in [6.07, 6.45) is 2.92. The predicted octanol–water partition coefficient (Wildman–Crippen LogP) is 3.84. The van der Waals surface area contributed by atoms with E-state index < -0.39 is 59.4 Å². The predicted molar refractivity (Wildman–Crippen MR) is 277 cm³/mol. The molecule has 18 heteroatoms. The molecule has 5 atom stereocenters. The third kappa shape index (κ3) is 18.6. The number of aryl methyl sites for hydroxylation is 1. The van der Waals surface area contributed by atoms with Crippen molar-refractivity contribution in [2.24, 2.45) is 29.3 Å². The van der Waals surface area contributed by atoms with Gasteiger partial charge in [0.05, 0.1) is 37.5 Å². The molecule has 0 spiro atoms. The van der Waals surface area contributed by atoms with Gasteiger partial charge in [0.2, 0.25) is 17.7 Å². The molecular weight excluding hydrogens is 933 g/mol. The SMILES string of the molecule is CC(C)C[C@H](NC(=O)[C@H](CCc1ccccc1)NC(=O)C[N+]1(Cc2ccc(OC(=O)C(C)C)c(OC/C(N)=C/N(C)N)c2)CCOCC1)C(=O)N[C@@H](Cc1ccccc1)C(=O)N[C@@H](CC(C)C)C(=O)[C@@]1(C)CO1. The number of ketones is 1. The minimum atomic E-state index is -1.10. The number of epoxide rings is 1. The zero-order valence-corrected chi connectivity index (χ0v) is 43.9. The van der Waals surface area contributed by atoms with Gasteiger partial charge >= 0.3 is 5.97 Å². The van der Waals surface area contributed by atoms with Crippen molar-refractivity contribution in [1.82, 2.24) is 26.3 Å². The quantitative estimate of drug-likeness (QED) is 0.0151. The van der Waals surface area contributed by atoms with Crippen molar-refractivity contribution < 1.29 is 52.2 Å². The second-order valence-corrected chi connectivity index (χ2v) is 20.9. The Kier molecular flexibility index (Phi) is 21.4. The molecular formula is C55H79N8O10+. The Balaban J connectivity index is 1.38. The fraction of sp³-hybridized carbons (Fsp3) is 0.527. The van der Waals surface area contributed by atoms with Crippen molar-refractivity contribution in [3.8, 4) is 11.5 Å². The van der Waals surface area contributed by atoms with Gasteiger partial charge in [0.1, 0.15) is 50.0 Å². The highest BCUT2D eigenvalue weighted by Gasteiger charge is 2.50. The molecule has 3 aromatic carbocycles. The van der Waals surface area contributed by atoms with Crippen LogP contribution in [0.1, 0.15) is 84.4 Å². The number of rotatable bonds is 28. The number of benzene rings is 3. The van der Waals surface area contributed by atoms with Crippen molar-refractivity contribution >= 4 is 35.4 Å². The Morgan fingerprint density at radius 3 is 1.89 bits per heavy atom. The molecule has 0 aliphatic carbocycles. The van der Waals surface area contributed by atoms with Gasteiger partial charge in [-0.15, -0.1) is 0 Å². The van der Waals surface area contributed by atoms with Gasteiger partial charge in [0, 0.05) is 25.2 Å². The summed E-state index contributed by atoms with van der Waals surface area (Å²) in [5.41, 5.74) is 8.04. The number of Topliss-reactive ketones (excluding diaryl/α,β-unsaturated/α-hetero) is 1. The molecule has 4 amide bonds. The van der Waals surface area contributed by atoms with Crippen LogP contribution in [0.2, 0.25) is 0 Å². The summed E-state index contributed by atoms with van der Waals surface area (Å²) in [6, 6.07) is 20.1. The maximum atomic E-state index is 14.6. The third-order valence-electron chi connectivity index (χ3n) is 12.8. The van der Waals surface area contributed by atoms with Crippen molar-refractivity contribution in [3.05, 3.63) is 107 Å². The molecule has 0 radical (unpaired) electrons. The number of nitrogens with zero attached hydrogens (tertiary/aromatic N) is 2. The van der Waals surface area contributed by atoms with E-state index in [1.54, 1.807) is 40.0 Å². The Morgan fingerprint density at radius 1 is 0.740 bits per heavy atom. The molecule has 2 aliphatic heterocycles. The van der Waals surface area contributed by atoms with Gasteiger partial charge in [-0.05, 0) is 73.8 Å². The Morgan fingerprint density at radius 2 is 1.30 bits per heavy atom. The number of nitrogens with two attached hydrogens (primary N) is 2. The lowest BCUT2D eigenvalue weighted by molar-refractivity contribution is -0.940. The van der Waals surface area contributed by atoms with Crippen LogP contribution in [0.5, 0.6) is 11.5 Å². The van der Waals surface area contributed by atoms with E-state index in [1.165, 1.54) is 11.2 Å². The minimum absolute atomic E-state index is 0.00492. The lowest BCUT2D eigenvalue weighted by Gasteiger charge is -2.41. The first-order valence-corrected chi connectivity index (χ1v) is 25.4. The second-order valence-electron chi connectivity index (χ2n) is 20.9. The van der Waals surface area contributed by atoms with Crippen LogP contribution in [0.15, 0.2) is 90.8 Å². The highest BCUT2D eigenvalue weighted by Crippen LogP contribution is 2.32. The molecule has 0 saturated carbocycles. The number of carbonyl (C=O) groups excluding carboxylic acids is 6. The number of morpholine rings is 1. The van der Waals surface area contributed by atoms with Crippen molar-refractivity contribution in [2.45, 2.75) is 117 Å². The summed E-state index contributed by atoms with van der Waals surface area (Å²) >= 11 is 0. The van der Waals surface area contributed by atoms with E-state index in [2.05, 4.69) is 21.3 Å². The van der Waals surface area contributed by atoms with Gasteiger partial charge in [-0.1, -0.05) is 102 Å². The van der Waals surface area contributed by atoms with Gasteiger partial charge in [0.25, 0.3) is 5.91 Å². The van der Waals surface area contributed by atoms with E-state index in [9.17, 15) is 28.8 Å². The number of hydrazine groups is 1. The highest BCUT2D eigenvalue weighted by atomic mass is 16.6. The molecule has 2 fully saturated rings. The second kappa shape index (κ2) is 27.1. The van der Waals surface area contributed by atoms with Gasteiger partial charge in [-0.3, -0.25) is 28.8 Å². The summed E-state index contributed by atoms with van der Waals surface area (Å²) in [7, 11) is 1.63. The van der Waals surface area contributed by atoms with Crippen LogP contribution in [0.4, 0.5) is 0 Å². The number of amides is 4. The molecule has 398 valence electrons. The summed E-state index contributed by atoms with van der Waals surface area (Å²) < 4.78 is 23.3. The normalized spacial score (nSPS) is 17.9. The van der Waals surface area contributed by atoms with Gasteiger partial charge in [0.15, 0.2) is 23.8 Å². The molecule has 0 unspecified atom stereocenters. The molecule has 2 heterocycles. The topological polar surface area (TPSA) is 246 Å². The molecule has 0 bridgehead atoms. The lowest BCUT2D eigenvalue weighted by atomic mass is 9.93. The van der Waals surface area contributed by atoms with Crippen molar-refractivity contribution in [3.63, 3.8) is 0 Å². The van der Waals surface area contributed by atoms with E-state index in [-0.39, 0.29) is 78.5 Å². The van der Waals surface area contributed by atoms with Crippen LogP contribution >= 0.6 is 0 Å². The number of esters is 1. The first kappa shape index (κ1) is 57.6. The first-order chi connectivity index (χ1) is 34.6.